The molecular formula is C14H15ClN2O. The molecule has 2 heterocycles. The fourth-order valence-electron chi connectivity index (χ4n) is 2.54. The molecule has 0 N–H and O–H groups in total. The maximum Gasteiger partial charge on any atom is 0.261 e. The van der Waals surface area contributed by atoms with Gasteiger partial charge in [-0.1, -0.05) is 25.4 Å². The second-order valence-electron chi connectivity index (χ2n) is 5.74. The second-order valence-corrected chi connectivity index (χ2v) is 6.17. The topological polar surface area (TPSA) is 34.9 Å². The smallest absolute Gasteiger partial charge is 0.261 e. The quantitative estimate of drug-likeness (QED) is 0.732. The van der Waals surface area contributed by atoms with E-state index in [1.54, 1.807) is 18.2 Å². The van der Waals surface area contributed by atoms with Crippen LogP contribution in [-0.2, 0) is 13.0 Å². The van der Waals surface area contributed by atoms with Crippen LogP contribution in [0.2, 0.25) is 5.02 Å². The van der Waals surface area contributed by atoms with E-state index in [9.17, 15) is 4.79 Å². The highest BCUT2D eigenvalue weighted by Crippen LogP contribution is 2.30. The highest BCUT2D eigenvalue weighted by atomic mass is 35.5. The van der Waals surface area contributed by atoms with Crippen LogP contribution < -0.4 is 5.56 Å². The molecule has 2 aromatic rings. The molecule has 0 bridgehead atoms. The molecule has 0 fully saturated rings. The summed E-state index contributed by atoms with van der Waals surface area (Å²) in [7, 11) is 0. The first-order valence-electron chi connectivity index (χ1n) is 6.15. The van der Waals surface area contributed by atoms with Crippen LogP contribution in [0, 0.1) is 5.41 Å². The zero-order valence-corrected chi connectivity index (χ0v) is 11.3. The largest absolute Gasteiger partial charge is 0.296 e. The normalized spacial score (nSPS) is 17.7. The first-order chi connectivity index (χ1) is 8.46. The van der Waals surface area contributed by atoms with E-state index in [4.69, 9.17) is 11.6 Å². The minimum Gasteiger partial charge on any atom is -0.296 e. The van der Waals surface area contributed by atoms with Crippen molar-refractivity contribution in [3.05, 3.63) is 39.4 Å². The predicted molar refractivity (Wildman–Crippen MR) is 73.1 cm³/mol. The summed E-state index contributed by atoms with van der Waals surface area (Å²) in [5.74, 6) is 0.881. The van der Waals surface area contributed by atoms with E-state index in [0.717, 1.165) is 25.2 Å². The van der Waals surface area contributed by atoms with Crippen LogP contribution in [0.3, 0.4) is 0 Å². The van der Waals surface area contributed by atoms with Crippen molar-refractivity contribution in [1.82, 2.24) is 9.55 Å². The molecule has 1 aromatic carbocycles. The lowest BCUT2D eigenvalue weighted by atomic mass is 9.83. The maximum atomic E-state index is 12.4. The fraction of sp³-hybridized carbons (Fsp3) is 0.429. The summed E-state index contributed by atoms with van der Waals surface area (Å²) in [6.07, 6.45) is 1.85. The Morgan fingerprint density at radius 3 is 2.94 bits per heavy atom. The van der Waals surface area contributed by atoms with Crippen LogP contribution in [0.15, 0.2) is 23.0 Å². The molecule has 0 aliphatic carbocycles. The molecule has 3 rings (SSSR count). The van der Waals surface area contributed by atoms with Crippen molar-refractivity contribution in [2.24, 2.45) is 5.41 Å². The SMILES string of the molecule is CC1(C)CCn2c(nc3cc(Cl)ccc3c2=O)C1. The molecule has 1 aromatic heterocycles. The van der Waals surface area contributed by atoms with Gasteiger partial charge in [-0.15, -0.1) is 0 Å². The molecule has 18 heavy (non-hydrogen) atoms. The van der Waals surface area contributed by atoms with Gasteiger partial charge in [0.05, 0.1) is 10.9 Å². The Morgan fingerprint density at radius 1 is 1.39 bits per heavy atom. The number of benzene rings is 1. The third-order valence-electron chi connectivity index (χ3n) is 3.65. The van der Waals surface area contributed by atoms with Crippen LogP contribution in [-0.4, -0.2) is 9.55 Å². The molecular weight excluding hydrogens is 248 g/mol. The van der Waals surface area contributed by atoms with E-state index < -0.39 is 0 Å². The summed E-state index contributed by atoms with van der Waals surface area (Å²) < 4.78 is 1.81. The molecule has 0 amide bonds. The van der Waals surface area contributed by atoms with Gasteiger partial charge < -0.3 is 0 Å². The Morgan fingerprint density at radius 2 is 2.17 bits per heavy atom. The molecule has 0 atom stereocenters. The molecule has 1 aliphatic heterocycles. The number of nitrogens with zero attached hydrogens (tertiary/aromatic N) is 2. The summed E-state index contributed by atoms with van der Waals surface area (Å²) in [4.78, 5) is 17.0. The zero-order chi connectivity index (χ0) is 12.9. The molecule has 0 saturated carbocycles. The van der Waals surface area contributed by atoms with Crippen molar-refractivity contribution >= 4 is 22.5 Å². The zero-order valence-electron chi connectivity index (χ0n) is 10.5. The summed E-state index contributed by atoms with van der Waals surface area (Å²) in [5.41, 5.74) is 0.977. The number of halogens is 1. The van der Waals surface area contributed by atoms with Gasteiger partial charge in [-0.3, -0.25) is 9.36 Å². The molecule has 0 saturated heterocycles. The standard InChI is InChI=1S/C14H15ClN2O/c1-14(2)5-6-17-12(8-14)16-11-7-9(15)3-4-10(11)13(17)18/h3-4,7H,5-6,8H2,1-2H3. The lowest BCUT2D eigenvalue weighted by molar-refractivity contribution is 0.261. The monoisotopic (exact) mass is 262 g/mol. The average Bonchev–Trinajstić information content (AvgIpc) is 2.27. The van der Waals surface area contributed by atoms with E-state index in [-0.39, 0.29) is 11.0 Å². The van der Waals surface area contributed by atoms with Crippen molar-refractivity contribution in [3.63, 3.8) is 0 Å². The predicted octanol–water partition coefficient (Wildman–Crippen LogP) is 3.02. The molecule has 4 heteroatoms. The minimum absolute atomic E-state index is 0.0576. The van der Waals surface area contributed by atoms with Crippen LogP contribution >= 0.6 is 11.6 Å². The number of aromatic nitrogens is 2. The summed E-state index contributed by atoms with van der Waals surface area (Å²) in [6, 6.07) is 5.27. The second kappa shape index (κ2) is 3.82. The van der Waals surface area contributed by atoms with Crippen molar-refractivity contribution in [3.8, 4) is 0 Å². The number of hydrogen-bond acceptors (Lipinski definition) is 2. The van der Waals surface area contributed by atoms with Crippen molar-refractivity contribution in [2.75, 3.05) is 0 Å². The van der Waals surface area contributed by atoms with Gasteiger partial charge >= 0.3 is 0 Å². The van der Waals surface area contributed by atoms with Crippen LogP contribution in [0.4, 0.5) is 0 Å². The van der Waals surface area contributed by atoms with E-state index in [1.807, 2.05) is 4.57 Å². The highest BCUT2D eigenvalue weighted by molar-refractivity contribution is 6.31. The van der Waals surface area contributed by atoms with Gasteiger partial charge in [0.1, 0.15) is 5.82 Å². The first kappa shape index (κ1) is 11.7. The molecule has 1 aliphatic rings. The maximum absolute atomic E-state index is 12.4. The van der Waals surface area contributed by atoms with Gasteiger partial charge in [-0.05, 0) is 30.0 Å². The Bertz CT molecular complexity index is 688. The van der Waals surface area contributed by atoms with Gasteiger partial charge in [0, 0.05) is 18.0 Å². The van der Waals surface area contributed by atoms with E-state index in [0.29, 0.717) is 15.9 Å². The number of fused-ring (bicyclic) bond motifs is 2. The van der Waals surface area contributed by atoms with Gasteiger partial charge in [-0.25, -0.2) is 4.98 Å². The number of hydrogen-bond donors (Lipinski definition) is 0. The lowest BCUT2D eigenvalue weighted by Gasteiger charge is -2.31. The molecule has 0 spiro atoms. The third-order valence-corrected chi connectivity index (χ3v) is 3.88. The Balaban J connectivity index is 2.29. The van der Waals surface area contributed by atoms with E-state index in [2.05, 4.69) is 18.8 Å². The third kappa shape index (κ3) is 1.83. The fourth-order valence-corrected chi connectivity index (χ4v) is 2.70. The van der Waals surface area contributed by atoms with Gasteiger partial charge in [-0.2, -0.15) is 0 Å². The van der Waals surface area contributed by atoms with Gasteiger partial charge in [0.2, 0.25) is 0 Å². The van der Waals surface area contributed by atoms with Crippen LogP contribution in [0.1, 0.15) is 26.1 Å². The van der Waals surface area contributed by atoms with Crippen molar-refractivity contribution in [1.29, 1.82) is 0 Å². The highest BCUT2D eigenvalue weighted by Gasteiger charge is 2.27. The molecule has 94 valence electrons. The Kier molecular flexibility index (Phi) is 2.49. The van der Waals surface area contributed by atoms with Gasteiger partial charge in [0.15, 0.2) is 0 Å². The number of rotatable bonds is 0. The summed E-state index contributed by atoms with van der Waals surface area (Å²) in [6.45, 7) is 5.18. The molecule has 0 unspecified atom stereocenters. The Hall–Kier alpha value is -1.35. The van der Waals surface area contributed by atoms with E-state index in [1.165, 1.54) is 0 Å². The minimum atomic E-state index is 0.0576. The molecule has 3 nitrogen and oxygen atoms in total. The van der Waals surface area contributed by atoms with Gasteiger partial charge in [0.25, 0.3) is 5.56 Å². The van der Waals surface area contributed by atoms with Crippen LogP contribution in [0.25, 0.3) is 10.9 Å². The van der Waals surface area contributed by atoms with Crippen molar-refractivity contribution in [2.45, 2.75) is 33.2 Å². The first-order valence-corrected chi connectivity index (χ1v) is 6.53. The lowest BCUT2D eigenvalue weighted by Crippen LogP contribution is -2.35. The average molecular weight is 263 g/mol. The molecule has 0 radical (unpaired) electrons. The summed E-state index contributed by atoms with van der Waals surface area (Å²) in [5, 5.41) is 1.28. The van der Waals surface area contributed by atoms with Crippen LogP contribution in [0.5, 0.6) is 0 Å². The summed E-state index contributed by atoms with van der Waals surface area (Å²) >= 11 is 5.96. The van der Waals surface area contributed by atoms with Crippen molar-refractivity contribution < 1.29 is 0 Å². The Labute approximate surface area is 110 Å². The van der Waals surface area contributed by atoms with E-state index >= 15 is 0 Å².